The predicted octanol–water partition coefficient (Wildman–Crippen LogP) is 0.565. The number of hydrazine groups is 1. The molecule has 0 aliphatic rings. The zero-order chi connectivity index (χ0) is 15.4. The van der Waals surface area contributed by atoms with Crippen LogP contribution in [0.1, 0.15) is 24.2 Å². The third-order valence-electron chi connectivity index (χ3n) is 2.86. The minimum absolute atomic E-state index is 0.0278. The summed E-state index contributed by atoms with van der Waals surface area (Å²) >= 11 is 0. The van der Waals surface area contributed by atoms with E-state index >= 15 is 0 Å². The van der Waals surface area contributed by atoms with Crippen molar-refractivity contribution in [2.75, 3.05) is 0 Å². The van der Waals surface area contributed by atoms with E-state index in [-0.39, 0.29) is 11.5 Å². The van der Waals surface area contributed by atoms with Gasteiger partial charge in [-0.2, -0.15) is 5.10 Å². The van der Waals surface area contributed by atoms with E-state index < -0.39 is 11.5 Å². The quantitative estimate of drug-likeness (QED) is 0.486. The maximum absolute atomic E-state index is 12.3. The number of hydrogen-bond acceptors (Lipinski definition) is 5. The van der Waals surface area contributed by atoms with Gasteiger partial charge >= 0.3 is 0 Å². The molecule has 0 atom stereocenters. The van der Waals surface area contributed by atoms with Crippen LogP contribution in [0.2, 0.25) is 0 Å². The zero-order valence-electron chi connectivity index (χ0n) is 11.9. The summed E-state index contributed by atoms with van der Waals surface area (Å²) in [6, 6.07) is 4.96. The molecule has 3 N–H and O–H groups in total. The van der Waals surface area contributed by atoms with Crippen molar-refractivity contribution in [2.24, 2.45) is 11.8 Å². The molecule has 110 valence electrons. The van der Waals surface area contributed by atoms with Crippen LogP contribution in [0.25, 0.3) is 11.3 Å². The van der Waals surface area contributed by atoms with Gasteiger partial charge in [0.1, 0.15) is 5.56 Å². The first-order valence-corrected chi connectivity index (χ1v) is 6.56. The first kappa shape index (κ1) is 14.9. The molecule has 2 aromatic heterocycles. The van der Waals surface area contributed by atoms with Crippen molar-refractivity contribution in [3.05, 3.63) is 46.5 Å². The van der Waals surface area contributed by atoms with Gasteiger partial charge in [0, 0.05) is 24.5 Å². The molecule has 7 heteroatoms. The van der Waals surface area contributed by atoms with Crippen molar-refractivity contribution in [2.45, 2.75) is 20.4 Å². The number of carbonyl (C=O) groups excluding carboxylic acids is 1. The fourth-order valence-corrected chi connectivity index (χ4v) is 1.92. The number of nitrogens with zero attached hydrogens (tertiary/aromatic N) is 3. The minimum atomic E-state index is -0.629. The van der Waals surface area contributed by atoms with Crippen LogP contribution >= 0.6 is 0 Å². The second kappa shape index (κ2) is 6.27. The molecule has 1 amide bonds. The molecule has 0 aliphatic heterocycles. The van der Waals surface area contributed by atoms with Crippen LogP contribution in [0, 0.1) is 5.92 Å². The normalized spacial score (nSPS) is 10.7. The molecule has 0 aliphatic carbocycles. The summed E-state index contributed by atoms with van der Waals surface area (Å²) in [6.45, 7) is 4.36. The van der Waals surface area contributed by atoms with E-state index in [1.165, 1.54) is 10.7 Å². The summed E-state index contributed by atoms with van der Waals surface area (Å²) in [7, 11) is 0. The van der Waals surface area contributed by atoms with Gasteiger partial charge in [0.25, 0.3) is 11.5 Å². The number of rotatable bonds is 4. The lowest BCUT2D eigenvalue weighted by molar-refractivity contribution is 0.0951. The molecule has 7 nitrogen and oxygen atoms in total. The molecule has 0 aromatic carbocycles. The van der Waals surface area contributed by atoms with E-state index in [0.29, 0.717) is 12.2 Å². The largest absolute Gasteiger partial charge is 0.290 e. The van der Waals surface area contributed by atoms with Crippen LogP contribution in [0.5, 0.6) is 0 Å². The van der Waals surface area contributed by atoms with Crippen molar-refractivity contribution in [1.29, 1.82) is 0 Å². The molecule has 0 saturated heterocycles. The number of hydrogen-bond donors (Lipinski definition) is 2. The van der Waals surface area contributed by atoms with E-state index in [1.807, 2.05) is 19.3 Å². The Morgan fingerprint density at radius 3 is 2.62 bits per heavy atom. The molecule has 0 radical (unpaired) electrons. The van der Waals surface area contributed by atoms with Gasteiger partial charge in [0.15, 0.2) is 0 Å². The Kier molecular flexibility index (Phi) is 4.44. The first-order valence-electron chi connectivity index (χ1n) is 6.56. The second-order valence-electron chi connectivity index (χ2n) is 5.03. The lowest BCUT2D eigenvalue weighted by Crippen LogP contribution is -2.38. The highest BCUT2D eigenvalue weighted by atomic mass is 16.2. The molecule has 0 spiro atoms. The topological polar surface area (TPSA) is 103 Å². The standard InChI is InChI=1S/C14H17N5O2/c1-9(2)8-19-14(21)11(13(20)17-15)7-12(18-19)10-3-5-16-6-4-10/h3-7,9H,8,15H2,1-2H3,(H,17,20). The van der Waals surface area contributed by atoms with E-state index in [0.717, 1.165) is 5.56 Å². The number of nitrogens with two attached hydrogens (primary N) is 1. The van der Waals surface area contributed by atoms with Crippen LogP contribution in [0.4, 0.5) is 0 Å². The average molecular weight is 287 g/mol. The van der Waals surface area contributed by atoms with Crippen LogP contribution < -0.4 is 16.8 Å². The summed E-state index contributed by atoms with van der Waals surface area (Å²) in [5.41, 5.74) is 2.80. The molecule has 2 heterocycles. The third-order valence-corrected chi connectivity index (χ3v) is 2.86. The molecular formula is C14H17N5O2. The van der Waals surface area contributed by atoms with E-state index in [9.17, 15) is 9.59 Å². The smallest absolute Gasteiger partial charge is 0.279 e. The second-order valence-corrected chi connectivity index (χ2v) is 5.03. The SMILES string of the molecule is CC(C)Cn1nc(-c2ccncc2)cc(C(=O)NN)c1=O. The van der Waals surface area contributed by atoms with E-state index in [1.54, 1.807) is 24.5 Å². The molecule has 0 fully saturated rings. The number of pyridine rings is 1. The first-order chi connectivity index (χ1) is 10.0. The van der Waals surface area contributed by atoms with Gasteiger partial charge in [-0.1, -0.05) is 13.8 Å². The number of carbonyl (C=O) groups is 1. The molecule has 2 aromatic rings. The lowest BCUT2D eigenvalue weighted by Gasteiger charge is -2.11. The minimum Gasteiger partial charge on any atom is -0.290 e. The molecule has 0 bridgehead atoms. The molecular weight excluding hydrogens is 270 g/mol. The van der Waals surface area contributed by atoms with E-state index in [4.69, 9.17) is 5.84 Å². The highest BCUT2D eigenvalue weighted by Gasteiger charge is 2.16. The van der Waals surface area contributed by atoms with Crippen molar-refractivity contribution in [3.63, 3.8) is 0 Å². The van der Waals surface area contributed by atoms with Crippen LogP contribution in [0.3, 0.4) is 0 Å². The monoisotopic (exact) mass is 287 g/mol. The van der Waals surface area contributed by atoms with Crippen molar-refractivity contribution >= 4 is 5.91 Å². The highest BCUT2D eigenvalue weighted by Crippen LogP contribution is 2.15. The Balaban J connectivity index is 2.62. The molecule has 2 rings (SSSR count). The summed E-state index contributed by atoms with van der Waals surface area (Å²) in [5.74, 6) is 4.72. The maximum atomic E-state index is 12.3. The number of nitrogens with one attached hydrogen (secondary N) is 1. The summed E-state index contributed by atoms with van der Waals surface area (Å²) in [6.07, 6.45) is 3.25. The summed E-state index contributed by atoms with van der Waals surface area (Å²) in [5, 5.41) is 4.32. The van der Waals surface area contributed by atoms with Gasteiger partial charge in [-0.3, -0.25) is 20.0 Å². The highest BCUT2D eigenvalue weighted by molar-refractivity contribution is 5.94. The van der Waals surface area contributed by atoms with Crippen molar-refractivity contribution in [3.8, 4) is 11.3 Å². The fourth-order valence-electron chi connectivity index (χ4n) is 1.92. The molecule has 21 heavy (non-hydrogen) atoms. The Morgan fingerprint density at radius 2 is 2.05 bits per heavy atom. The van der Waals surface area contributed by atoms with Crippen molar-refractivity contribution < 1.29 is 4.79 Å². The Labute approximate surface area is 121 Å². The van der Waals surface area contributed by atoms with Crippen LogP contribution in [0.15, 0.2) is 35.4 Å². The van der Waals surface area contributed by atoms with Gasteiger partial charge in [-0.05, 0) is 24.1 Å². The van der Waals surface area contributed by atoms with Crippen LogP contribution in [-0.2, 0) is 6.54 Å². The van der Waals surface area contributed by atoms with Crippen molar-refractivity contribution in [1.82, 2.24) is 20.2 Å². The van der Waals surface area contributed by atoms with Gasteiger partial charge in [0.05, 0.1) is 5.69 Å². The van der Waals surface area contributed by atoms with Gasteiger partial charge < -0.3 is 0 Å². The fraction of sp³-hybridized carbons (Fsp3) is 0.286. The number of aromatic nitrogens is 3. The predicted molar refractivity (Wildman–Crippen MR) is 78.2 cm³/mol. The van der Waals surface area contributed by atoms with Gasteiger partial charge in [-0.25, -0.2) is 10.5 Å². The summed E-state index contributed by atoms with van der Waals surface area (Å²) < 4.78 is 1.30. The Morgan fingerprint density at radius 1 is 1.38 bits per heavy atom. The lowest BCUT2D eigenvalue weighted by atomic mass is 10.1. The van der Waals surface area contributed by atoms with Gasteiger partial charge in [-0.15, -0.1) is 0 Å². The molecule has 0 unspecified atom stereocenters. The average Bonchev–Trinajstić information content (AvgIpc) is 2.49. The summed E-state index contributed by atoms with van der Waals surface area (Å²) in [4.78, 5) is 28.0. The number of amides is 1. The molecule has 0 saturated carbocycles. The zero-order valence-corrected chi connectivity index (χ0v) is 11.9. The third kappa shape index (κ3) is 3.32. The Bertz CT molecular complexity index is 694. The van der Waals surface area contributed by atoms with Crippen LogP contribution in [-0.4, -0.2) is 20.7 Å². The Hall–Kier alpha value is -2.54. The number of nitrogen functional groups attached to an aromatic ring is 1. The van der Waals surface area contributed by atoms with Gasteiger partial charge in [0.2, 0.25) is 0 Å². The van der Waals surface area contributed by atoms with E-state index in [2.05, 4.69) is 10.1 Å². The maximum Gasteiger partial charge on any atom is 0.279 e.